The molecule has 8 heteroatoms. The molecule has 0 aliphatic rings. The van der Waals surface area contributed by atoms with Crippen LogP contribution in [0.5, 0.6) is 11.5 Å². The fourth-order valence-corrected chi connectivity index (χ4v) is 2.65. The van der Waals surface area contributed by atoms with Crippen molar-refractivity contribution in [3.05, 3.63) is 40.9 Å². The van der Waals surface area contributed by atoms with Gasteiger partial charge in [-0.2, -0.15) is 0 Å². The summed E-state index contributed by atoms with van der Waals surface area (Å²) in [5.41, 5.74) is 2.80. The summed E-state index contributed by atoms with van der Waals surface area (Å²) in [4.78, 5) is 23.5. The number of halogens is 1. The smallest absolute Gasteiger partial charge is 0.243 e. The molecule has 0 bridgehead atoms. The molecule has 0 radical (unpaired) electrons. The van der Waals surface area contributed by atoms with Crippen molar-refractivity contribution < 1.29 is 19.1 Å². The Labute approximate surface area is 163 Å². The number of hydrogen-bond acceptors (Lipinski definition) is 5. The first kappa shape index (κ1) is 20.4. The van der Waals surface area contributed by atoms with Crippen LogP contribution in [0.4, 0.5) is 17.1 Å². The Balaban J connectivity index is 2.08. The molecule has 0 unspecified atom stereocenters. The lowest BCUT2D eigenvalue weighted by atomic mass is 10.1. The van der Waals surface area contributed by atoms with E-state index in [2.05, 4.69) is 16.0 Å². The average Bonchev–Trinajstić information content (AvgIpc) is 2.62. The van der Waals surface area contributed by atoms with Gasteiger partial charge in [-0.15, -0.1) is 0 Å². The van der Waals surface area contributed by atoms with Gasteiger partial charge in [0.1, 0.15) is 11.5 Å². The monoisotopic (exact) mass is 391 g/mol. The van der Waals surface area contributed by atoms with Crippen molar-refractivity contribution in [3.63, 3.8) is 0 Å². The molecular weight excluding hydrogens is 370 g/mol. The van der Waals surface area contributed by atoms with E-state index in [9.17, 15) is 9.59 Å². The van der Waals surface area contributed by atoms with Crippen LogP contribution in [-0.4, -0.2) is 32.6 Å². The molecule has 0 spiro atoms. The minimum absolute atomic E-state index is 0.0263. The Morgan fingerprint density at radius 2 is 1.70 bits per heavy atom. The minimum Gasteiger partial charge on any atom is -0.495 e. The van der Waals surface area contributed by atoms with E-state index >= 15 is 0 Å². The molecule has 0 fully saturated rings. The fraction of sp³-hybridized carbons (Fsp3) is 0.263. The highest BCUT2D eigenvalue weighted by Gasteiger charge is 2.13. The lowest BCUT2D eigenvalue weighted by molar-refractivity contribution is -0.115. The summed E-state index contributed by atoms with van der Waals surface area (Å²) in [5.74, 6) is 0.422. The first-order chi connectivity index (χ1) is 12.8. The van der Waals surface area contributed by atoms with Crippen LogP contribution in [0.3, 0.4) is 0 Å². The maximum absolute atomic E-state index is 12.3. The Hall–Kier alpha value is -2.93. The topological polar surface area (TPSA) is 88.7 Å². The number of amides is 2. The van der Waals surface area contributed by atoms with Gasteiger partial charge in [0.2, 0.25) is 11.8 Å². The van der Waals surface area contributed by atoms with Crippen molar-refractivity contribution in [1.82, 2.24) is 0 Å². The van der Waals surface area contributed by atoms with E-state index < -0.39 is 0 Å². The molecule has 2 amide bonds. The highest BCUT2D eigenvalue weighted by atomic mass is 35.5. The van der Waals surface area contributed by atoms with E-state index in [0.29, 0.717) is 27.9 Å². The van der Waals surface area contributed by atoms with Gasteiger partial charge in [-0.25, -0.2) is 0 Å². The van der Waals surface area contributed by atoms with Gasteiger partial charge in [-0.3, -0.25) is 9.59 Å². The second kappa shape index (κ2) is 9.14. The van der Waals surface area contributed by atoms with Crippen LogP contribution in [0.2, 0.25) is 5.02 Å². The maximum Gasteiger partial charge on any atom is 0.243 e. The zero-order chi connectivity index (χ0) is 20.0. The fourth-order valence-electron chi connectivity index (χ4n) is 2.42. The second-order valence-electron chi connectivity index (χ2n) is 5.80. The van der Waals surface area contributed by atoms with E-state index in [-0.39, 0.29) is 18.4 Å². The highest BCUT2D eigenvalue weighted by molar-refractivity contribution is 6.32. The summed E-state index contributed by atoms with van der Waals surface area (Å²) in [6, 6.07) is 8.60. The van der Waals surface area contributed by atoms with Gasteiger partial charge < -0.3 is 25.4 Å². The number of hydrogen-bond donors (Lipinski definition) is 3. The van der Waals surface area contributed by atoms with E-state index in [1.807, 2.05) is 13.0 Å². The molecule has 0 saturated heterocycles. The van der Waals surface area contributed by atoms with Gasteiger partial charge >= 0.3 is 0 Å². The molecule has 0 atom stereocenters. The molecule has 0 aliphatic carbocycles. The van der Waals surface area contributed by atoms with Crippen molar-refractivity contribution in [2.24, 2.45) is 0 Å². The van der Waals surface area contributed by atoms with Crippen LogP contribution in [0, 0.1) is 6.92 Å². The largest absolute Gasteiger partial charge is 0.495 e. The van der Waals surface area contributed by atoms with Gasteiger partial charge in [0.15, 0.2) is 0 Å². The molecule has 2 aromatic carbocycles. The Morgan fingerprint density at radius 1 is 1.00 bits per heavy atom. The molecule has 7 nitrogen and oxygen atoms in total. The summed E-state index contributed by atoms with van der Waals surface area (Å²) in [6.45, 7) is 3.37. The summed E-state index contributed by atoms with van der Waals surface area (Å²) >= 11 is 6.07. The zero-order valence-corrected chi connectivity index (χ0v) is 16.4. The van der Waals surface area contributed by atoms with Crippen molar-refractivity contribution in [1.29, 1.82) is 0 Å². The lowest BCUT2D eigenvalue weighted by Gasteiger charge is -2.15. The Kier molecular flexibility index (Phi) is 6.90. The van der Waals surface area contributed by atoms with Crippen LogP contribution < -0.4 is 25.4 Å². The molecule has 3 N–H and O–H groups in total. The first-order valence-electron chi connectivity index (χ1n) is 8.17. The van der Waals surface area contributed by atoms with Crippen LogP contribution in [0.1, 0.15) is 12.5 Å². The van der Waals surface area contributed by atoms with E-state index in [1.165, 1.54) is 21.1 Å². The molecule has 2 aromatic rings. The maximum atomic E-state index is 12.3. The van der Waals surface area contributed by atoms with Crippen LogP contribution in [0.25, 0.3) is 0 Å². The van der Waals surface area contributed by atoms with Crippen molar-refractivity contribution in [2.75, 3.05) is 36.7 Å². The molecule has 144 valence electrons. The third-order valence-corrected chi connectivity index (χ3v) is 4.04. The van der Waals surface area contributed by atoms with Gasteiger partial charge in [0.25, 0.3) is 0 Å². The summed E-state index contributed by atoms with van der Waals surface area (Å²) in [5, 5.41) is 8.92. The predicted octanol–water partition coefficient (Wildman–Crippen LogP) is 3.67. The number of carbonyl (C=O) groups excluding carboxylic acids is 2. The quantitative estimate of drug-likeness (QED) is 0.670. The number of anilines is 3. The second-order valence-corrected chi connectivity index (χ2v) is 6.21. The van der Waals surface area contributed by atoms with Crippen LogP contribution >= 0.6 is 11.6 Å². The van der Waals surface area contributed by atoms with Gasteiger partial charge in [-0.05, 0) is 24.6 Å². The van der Waals surface area contributed by atoms with Crippen molar-refractivity contribution >= 4 is 40.5 Å². The third-order valence-electron chi connectivity index (χ3n) is 3.75. The van der Waals surface area contributed by atoms with Gasteiger partial charge in [0, 0.05) is 30.4 Å². The van der Waals surface area contributed by atoms with Crippen molar-refractivity contribution in [3.8, 4) is 11.5 Å². The molecular formula is C19H22ClN3O4. The molecule has 0 aliphatic heterocycles. The number of rotatable bonds is 7. The molecule has 27 heavy (non-hydrogen) atoms. The summed E-state index contributed by atoms with van der Waals surface area (Å²) in [6.07, 6.45) is 0. The predicted molar refractivity (Wildman–Crippen MR) is 107 cm³/mol. The van der Waals surface area contributed by atoms with E-state index in [0.717, 1.165) is 11.3 Å². The van der Waals surface area contributed by atoms with Gasteiger partial charge in [0.05, 0.1) is 31.5 Å². The van der Waals surface area contributed by atoms with Gasteiger partial charge in [-0.1, -0.05) is 17.7 Å². The average molecular weight is 392 g/mol. The molecule has 2 rings (SSSR count). The molecule has 0 saturated carbocycles. The Bertz CT molecular complexity index is 855. The van der Waals surface area contributed by atoms with Crippen molar-refractivity contribution in [2.45, 2.75) is 13.8 Å². The summed E-state index contributed by atoms with van der Waals surface area (Å²) < 4.78 is 10.4. The molecule has 0 heterocycles. The lowest BCUT2D eigenvalue weighted by Crippen LogP contribution is -2.22. The number of benzene rings is 2. The highest BCUT2D eigenvalue weighted by Crippen LogP contribution is 2.35. The number of ether oxygens (including phenoxy) is 2. The van der Waals surface area contributed by atoms with E-state index in [4.69, 9.17) is 21.1 Å². The number of nitrogens with one attached hydrogen (secondary N) is 3. The summed E-state index contributed by atoms with van der Waals surface area (Å²) in [7, 11) is 2.98. The van der Waals surface area contributed by atoms with Crippen LogP contribution in [0.15, 0.2) is 30.3 Å². The number of methoxy groups -OCH3 is 2. The third kappa shape index (κ3) is 5.52. The molecule has 0 aromatic heterocycles. The van der Waals surface area contributed by atoms with E-state index in [1.54, 1.807) is 24.3 Å². The zero-order valence-electron chi connectivity index (χ0n) is 15.6. The first-order valence-corrected chi connectivity index (χ1v) is 8.55. The normalized spacial score (nSPS) is 10.1. The SMILES string of the molecule is COc1cc(NC(=O)CNc2cc(NC(C)=O)ccc2C)c(OC)cc1Cl. The van der Waals surface area contributed by atoms with Crippen LogP contribution in [-0.2, 0) is 9.59 Å². The Morgan fingerprint density at radius 3 is 2.33 bits per heavy atom. The number of aryl methyl sites for hydroxylation is 1. The number of carbonyl (C=O) groups is 2. The minimum atomic E-state index is -0.276. The standard InChI is InChI=1S/C19H22ClN3O4/c1-11-5-6-13(22-12(2)24)7-15(11)21-10-19(25)23-16-9-17(26-3)14(20)8-18(16)27-4/h5-9,21H,10H2,1-4H3,(H,22,24)(H,23,25).